The molecule has 0 radical (unpaired) electrons. The van der Waals surface area contributed by atoms with Crippen LogP contribution < -0.4 is 9.46 Å². The van der Waals surface area contributed by atoms with E-state index in [1.54, 1.807) is 24.3 Å². The van der Waals surface area contributed by atoms with E-state index in [0.717, 1.165) is 0 Å². The molecule has 2 aromatic rings. The van der Waals surface area contributed by atoms with Crippen molar-refractivity contribution in [3.05, 3.63) is 54.6 Å². The number of para-hydroxylation sites is 1. The summed E-state index contributed by atoms with van der Waals surface area (Å²) < 4.78 is 55.5. The first kappa shape index (κ1) is 16.8. The van der Waals surface area contributed by atoms with Crippen LogP contribution in [0.5, 0.6) is 11.5 Å². The van der Waals surface area contributed by atoms with Gasteiger partial charge in [0.15, 0.2) is 9.84 Å². The number of sulfonamides is 1. The Bertz CT molecular complexity index is 907. The lowest BCUT2D eigenvalue weighted by Gasteiger charge is -2.13. The SMILES string of the molecule is O=S1(=O)CCC(S(=O)(=O)Nc2ccc(Oc3ccccc3)cc2)C1. The highest BCUT2D eigenvalue weighted by Gasteiger charge is 2.37. The van der Waals surface area contributed by atoms with E-state index >= 15 is 0 Å². The maximum absolute atomic E-state index is 12.3. The van der Waals surface area contributed by atoms with Crippen LogP contribution in [0.1, 0.15) is 6.42 Å². The van der Waals surface area contributed by atoms with Gasteiger partial charge in [-0.1, -0.05) is 18.2 Å². The molecule has 1 saturated heterocycles. The third-order valence-corrected chi connectivity index (χ3v) is 7.50. The predicted octanol–water partition coefficient (Wildman–Crippen LogP) is 2.41. The van der Waals surface area contributed by atoms with Crippen LogP contribution in [0.2, 0.25) is 0 Å². The largest absolute Gasteiger partial charge is 0.457 e. The fourth-order valence-corrected chi connectivity index (χ4v) is 6.56. The number of rotatable bonds is 5. The predicted molar refractivity (Wildman–Crippen MR) is 92.6 cm³/mol. The molecule has 0 amide bonds. The molecule has 0 aliphatic carbocycles. The Morgan fingerprint density at radius 1 is 0.958 bits per heavy atom. The van der Waals surface area contributed by atoms with Crippen LogP contribution in [0.4, 0.5) is 5.69 Å². The molecule has 1 N–H and O–H groups in total. The number of ether oxygens (including phenoxy) is 1. The van der Waals surface area contributed by atoms with Gasteiger partial charge in [-0.15, -0.1) is 0 Å². The van der Waals surface area contributed by atoms with Crippen molar-refractivity contribution >= 4 is 25.5 Å². The van der Waals surface area contributed by atoms with Crippen molar-refractivity contribution in [2.24, 2.45) is 0 Å². The van der Waals surface area contributed by atoms with Crippen LogP contribution in [0.15, 0.2) is 54.6 Å². The molecule has 24 heavy (non-hydrogen) atoms. The second kappa shape index (κ2) is 6.45. The molecule has 0 bridgehead atoms. The van der Waals surface area contributed by atoms with Gasteiger partial charge in [-0.2, -0.15) is 0 Å². The number of anilines is 1. The van der Waals surface area contributed by atoms with Crippen LogP contribution in [0.25, 0.3) is 0 Å². The summed E-state index contributed by atoms with van der Waals surface area (Å²) in [5.74, 6) is 0.856. The van der Waals surface area contributed by atoms with Gasteiger partial charge in [-0.25, -0.2) is 16.8 Å². The zero-order valence-electron chi connectivity index (χ0n) is 12.8. The van der Waals surface area contributed by atoms with Gasteiger partial charge in [0.05, 0.1) is 16.8 Å². The highest BCUT2D eigenvalue weighted by atomic mass is 32.2. The highest BCUT2D eigenvalue weighted by Crippen LogP contribution is 2.25. The van der Waals surface area contributed by atoms with Gasteiger partial charge in [0, 0.05) is 5.69 Å². The molecule has 128 valence electrons. The number of benzene rings is 2. The minimum absolute atomic E-state index is 0.0809. The van der Waals surface area contributed by atoms with Gasteiger partial charge in [0.1, 0.15) is 11.5 Å². The van der Waals surface area contributed by atoms with Gasteiger partial charge in [0.2, 0.25) is 10.0 Å². The van der Waals surface area contributed by atoms with Crippen molar-refractivity contribution in [3.63, 3.8) is 0 Å². The summed E-state index contributed by atoms with van der Waals surface area (Å²) >= 11 is 0. The normalized spacial score (nSPS) is 19.8. The van der Waals surface area contributed by atoms with E-state index in [2.05, 4.69) is 4.72 Å². The van der Waals surface area contributed by atoms with Crippen molar-refractivity contribution in [2.45, 2.75) is 11.7 Å². The van der Waals surface area contributed by atoms with Crippen LogP contribution in [0, 0.1) is 0 Å². The molecule has 8 heteroatoms. The molecular formula is C16H17NO5S2. The van der Waals surface area contributed by atoms with Gasteiger partial charge in [0.25, 0.3) is 0 Å². The molecule has 2 aromatic carbocycles. The first-order chi connectivity index (χ1) is 11.3. The van der Waals surface area contributed by atoms with Gasteiger partial charge < -0.3 is 4.74 Å². The lowest BCUT2D eigenvalue weighted by Crippen LogP contribution is -2.28. The summed E-state index contributed by atoms with van der Waals surface area (Å²) in [5.41, 5.74) is 0.375. The number of hydrogen-bond acceptors (Lipinski definition) is 5. The Kier molecular flexibility index (Phi) is 4.51. The Hall–Kier alpha value is -2.06. The van der Waals surface area contributed by atoms with Crippen LogP contribution in [-0.4, -0.2) is 33.6 Å². The van der Waals surface area contributed by atoms with Gasteiger partial charge in [-0.3, -0.25) is 4.72 Å². The molecular weight excluding hydrogens is 350 g/mol. The third-order valence-electron chi connectivity index (χ3n) is 3.72. The maximum atomic E-state index is 12.3. The molecule has 0 spiro atoms. The molecule has 1 fully saturated rings. The second-order valence-electron chi connectivity index (χ2n) is 5.61. The summed E-state index contributed by atoms with van der Waals surface area (Å²) in [7, 11) is -6.98. The first-order valence-electron chi connectivity index (χ1n) is 7.39. The molecule has 0 saturated carbocycles. The van der Waals surface area contributed by atoms with Crippen molar-refractivity contribution in [2.75, 3.05) is 16.2 Å². The van der Waals surface area contributed by atoms with Crippen LogP contribution >= 0.6 is 0 Å². The van der Waals surface area contributed by atoms with Crippen molar-refractivity contribution in [1.29, 1.82) is 0 Å². The Labute approximate surface area is 141 Å². The van der Waals surface area contributed by atoms with E-state index < -0.39 is 25.1 Å². The molecule has 6 nitrogen and oxygen atoms in total. The van der Waals surface area contributed by atoms with Crippen molar-refractivity contribution in [3.8, 4) is 11.5 Å². The first-order valence-corrected chi connectivity index (χ1v) is 10.8. The molecule has 0 aromatic heterocycles. The lowest BCUT2D eigenvalue weighted by molar-refractivity contribution is 0.483. The fraction of sp³-hybridized carbons (Fsp3) is 0.250. The summed E-state index contributed by atoms with van der Waals surface area (Å²) in [6.07, 6.45) is 0.132. The Balaban J connectivity index is 1.68. The van der Waals surface area contributed by atoms with E-state index in [-0.39, 0.29) is 17.9 Å². The van der Waals surface area contributed by atoms with E-state index in [9.17, 15) is 16.8 Å². The molecule has 1 atom stereocenters. The standard InChI is InChI=1S/C16H17NO5S2/c18-23(19)11-10-16(12-23)24(20,21)17-13-6-8-15(9-7-13)22-14-4-2-1-3-5-14/h1-9,16-17H,10-12H2. The number of nitrogens with one attached hydrogen (secondary N) is 1. The number of hydrogen-bond donors (Lipinski definition) is 1. The lowest BCUT2D eigenvalue weighted by atomic mass is 10.3. The van der Waals surface area contributed by atoms with Crippen LogP contribution in [-0.2, 0) is 19.9 Å². The molecule has 1 unspecified atom stereocenters. The summed E-state index contributed by atoms with van der Waals surface area (Å²) in [6, 6.07) is 15.7. The minimum atomic E-state index is -3.73. The molecule has 1 aliphatic heterocycles. The Morgan fingerprint density at radius 3 is 2.17 bits per heavy atom. The summed E-state index contributed by atoms with van der Waals surface area (Å²) in [5, 5.41) is -0.900. The quantitative estimate of drug-likeness (QED) is 0.876. The number of sulfone groups is 1. The molecule has 1 aliphatic rings. The van der Waals surface area contributed by atoms with E-state index in [0.29, 0.717) is 17.2 Å². The van der Waals surface area contributed by atoms with E-state index in [1.807, 2.05) is 30.3 Å². The smallest absolute Gasteiger partial charge is 0.236 e. The zero-order chi connectivity index (χ0) is 17.2. The third kappa shape index (κ3) is 4.07. The minimum Gasteiger partial charge on any atom is -0.457 e. The fourth-order valence-electron chi connectivity index (χ4n) is 2.47. The second-order valence-corrected chi connectivity index (χ2v) is 9.80. The topological polar surface area (TPSA) is 89.5 Å². The molecule has 1 heterocycles. The van der Waals surface area contributed by atoms with Crippen LogP contribution in [0.3, 0.4) is 0 Å². The van der Waals surface area contributed by atoms with E-state index in [4.69, 9.17) is 4.74 Å². The monoisotopic (exact) mass is 367 g/mol. The summed E-state index contributed by atoms with van der Waals surface area (Å²) in [4.78, 5) is 0. The Morgan fingerprint density at radius 2 is 1.58 bits per heavy atom. The van der Waals surface area contributed by atoms with Gasteiger partial charge in [-0.05, 0) is 42.8 Å². The van der Waals surface area contributed by atoms with Gasteiger partial charge >= 0.3 is 0 Å². The molecule has 3 rings (SSSR count). The summed E-state index contributed by atoms with van der Waals surface area (Å²) in [6.45, 7) is 0. The maximum Gasteiger partial charge on any atom is 0.236 e. The highest BCUT2D eigenvalue weighted by molar-refractivity contribution is 7.97. The average molecular weight is 367 g/mol. The average Bonchev–Trinajstić information content (AvgIpc) is 2.91. The van der Waals surface area contributed by atoms with Crippen molar-refractivity contribution < 1.29 is 21.6 Å². The van der Waals surface area contributed by atoms with Crippen molar-refractivity contribution in [1.82, 2.24) is 0 Å². The van der Waals surface area contributed by atoms with E-state index in [1.165, 1.54) is 0 Å². The zero-order valence-corrected chi connectivity index (χ0v) is 14.4.